The third kappa shape index (κ3) is 41.3. The molecule has 0 amide bonds. The van der Waals surface area contributed by atoms with Crippen molar-refractivity contribution in [3.63, 3.8) is 0 Å². The van der Waals surface area contributed by atoms with Crippen LogP contribution < -0.4 is 0 Å². The van der Waals surface area contributed by atoms with Crippen LogP contribution in [0.4, 0.5) is 0 Å². The fourth-order valence-electron chi connectivity index (χ4n) is 6.01. The maximum Gasteiger partial charge on any atom is 0.472 e. The molecule has 0 aliphatic carbocycles. The molecule has 0 saturated carbocycles. The molecule has 0 fully saturated rings. The number of rotatable bonds is 36. The van der Waals surface area contributed by atoms with E-state index in [0.717, 1.165) is 25.7 Å². The van der Waals surface area contributed by atoms with E-state index in [1.54, 1.807) is 12.4 Å². The largest absolute Gasteiger partial charge is 0.472 e. The Bertz CT molecular complexity index is 667. The molecule has 1 aromatic heterocycles. The Hall–Kier alpha value is -0.740. The SMILES string of the molecule is CCCCCCCCCCCCCCCCCCOP(=O)(O)OCCCCCCCCCCCCCCCCCC.c1ccncc1. The average molecular weight is 682 g/mol. The van der Waals surface area contributed by atoms with Gasteiger partial charge in [-0.05, 0) is 25.0 Å². The maximum atomic E-state index is 12.0. The molecule has 0 bridgehead atoms. The number of pyridine rings is 1. The van der Waals surface area contributed by atoms with Crippen molar-refractivity contribution < 1.29 is 18.5 Å². The molecule has 1 N–H and O–H groups in total. The van der Waals surface area contributed by atoms with E-state index in [4.69, 9.17) is 9.05 Å². The fraction of sp³-hybridized carbons (Fsp3) is 0.878. The summed E-state index contributed by atoms with van der Waals surface area (Å²) in [7, 11) is -3.87. The first-order chi connectivity index (χ1) is 23.1. The van der Waals surface area contributed by atoms with Gasteiger partial charge < -0.3 is 4.89 Å². The molecule has 278 valence electrons. The topological polar surface area (TPSA) is 68.7 Å². The molecule has 1 aromatic rings. The monoisotopic (exact) mass is 682 g/mol. The molecule has 0 saturated heterocycles. The lowest BCUT2D eigenvalue weighted by Crippen LogP contribution is -1.99. The summed E-state index contributed by atoms with van der Waals surface area (Å²) < 4.78 is 22.4. The van der Waals surface area contributed by atoms with Crippen molar-refractivity contribution >= 4 is 7.82 Å². The van der Waals surface area contributed by atoms with Gasteiger partial charge in [-0.1, -0.05) is 213 Å². The smallest absolute Gasteiger partial charge is 0.302 e. The van der Waals surface area contributed by atoms with Crippen LogP contribution in [-0.4, -0.2) is 23.1 Å². The van der Waals surface area contributed by atoms with Crippen LogP contribution in [0.1, 0.15) is 219 Å². The molecular weight excluding hydrogens is 601 g/mol. The van der Waals surface area contributed by atoms with Crippen LogP contribution in [0.25, 0.3) is 0 Å². The number of hydrogen-bond donors (Lipinski definition) is 1. The van der Waals surface area contributed by atoms with Crippen LogP contribution in [0.15, 0.2) is 30.6 Å². The molecule has 0 radical (unpaired) electrons. The second-order valence-corrected chi connectivity index (χ2v) is 15.2. The number of phosphoric ester groups is 1. The van der Waals surface area contributed by atoms with Gasteiger partial charge in [0.1, 0.15) is 0 Å². The van der Waals surface area contributed by atoms with Gasteiger partial charge in [0.15, 0.2) is 0 Å². The lowest BCUT2D eigenvalue weighted by molar-refractivity contribution is 0.145. The summed E-state index contributed by atoms with van der Waals surface area (Å²) in [6.07, 6.45) is 45.7. The molecular formula is C41H80NO4P. The minimum absolute atomic E-state index is 0.325. The van der Waals surface area contributed by atoms with Crippen LogP contribution in [0.5, 0.6) is 0 Å². The first-order valence-corrected chi connectivity index (χ1v) is 22.1. The van der Waals surface area contributed by atoms with Crippen molar-refractivity contribution in [3.05, 3.63) is 30.6 Å². The molecule has 1 rings (SSSR count). The van der Waals surface area contributed by atoms with Gasteiger partial charge >= 0.3 is 7.82 Å². The van der Waals surface area contributed by atoms with Crippen molar-refractivity contribution in [2.24, 2.45) is 0 Å². The van der Waals surface area contributed by atoms with Crippen LogP contribution in [0.3, 0.4) is 0 Å². The third-order valence-corrected chi connectivity index (χ3v) is 10.1. The zero-order valence-electron chi connectivity index (χ0n) is 31.5. The highest BCUT2D eigenvalue weighted by Crippen LogP contribution is 2.43. The first kappa shape index (κ1) is 46.3. The molecule has 0 unspecified atom stereocenters. The first-order valence-electron chi connectivity index (χ1n) is 20.6. The van der Waals surface area contributed by atoms with Crippen LogP contribution in [0.2, 0.25) is 0 Å². The van der Waals surface area contributed by atoms with Gasteiger partial charge in [0.25, 0.3) is 0 Å². The number of phosphoric acid groups is 1. The van der Waals surface area contributed by atoms with Crippen molar-refractivity contribution in [2.45, 2.75) is 219 Å². The fourth-order valence-corrected chi connectivity index (χ4v) is 6.80. The normalized spacial score (nSPS) is 11.5. The molecule has 1 heterocycles. The number of nitrogens with zero attached hydrogens (tertiary/aromatic N) is 1. The molecule has 0 spiro atoms. The summed E-state index contributed by atoms with van der Waals surface area (Å²) >= 11 is 0. The van der Waals surface area contributed by atoms with Crippen molar-refractivity contribution in [3.8, 4) is 0 Å². The quantitative estimate of drug-likeness (QED) is 0.0564. The van der Waals surface area contributed by atoms with Gasteiger partial charge in [0.2, 0.25) is 0 Å². The highest BCUT2D eigenvalue weighted by atomic mass is 31.2. The second kappa shape index (κ2) is 39.7. The zero-order chi connectivity index (χ0) is 34.2. The lowest BCUT2D eigenvalue weighted by Gasteiger charge is -2.12. The Morgan fingerprint density at radius 3 is 0.830 bits per heavy atom. The van der Waals surface area contributed by atoms with Gasteiger partial charge in [-0.2, -0.15) is 0 Å². The summed E-state index contributed by atoms with van der Waals surface area (Å²) in [6.45, 7) is 5.21. The third-order valence-electron chi connectivity index (χ3n) is 9.07. The molecule has 0 atom stereocenters. The predicted molar refractivity (Wildman–Crippen MR) is 205 cm³/mol. The Balaban J connectivity index is 0.00000313. The minimum atomic E-state index is -3.87. The zero-order valence-corrected chi connectivity index (χ0v) is 32.4. The maximum absolute atomic E-state index is 12.0. The van der Waals surface area contributed by atoms with E-state index in [1.165, 1.54) is 180 Å². The number of hydrogen-bond acceptors (Lipinski definition) is 4. The van der Waals surface area contributed by atoms with Crippen molar-refractivity contribution in [1.82, 2.24) is 4.98 Å². The summed E-state index contributed by atoms with van der Waals surface area (Å²) in [5, 5.41) is 0. The van der Waals surface area contributed by atoms with Gasteiger partial charge in [-0.3, -0.25) is 14.0 Å². The van der Waals surface area contributed by atoms with Crippen LogP contribution >= 0.6 is 7.82 Å². The van der Waals surface area contributed by atoms with E-state index in [1.807, 2.05) is 18.2 Å². The number of aromatic nitrogens is 1. The standard InChI is InChI=1S/C36H75O4P.C5H5N/c1-3-5-7-9-11-13-15-17-19-21-23-25-27-29-31-33-35-39-41(37,38)40-36-34-32-30-28-26-24-22-20-18-16-14-12-10-8-6-4-2;1-2-4-6-5-3-1/h3-36H2,1-2H3,(H,37,38);1-5H. The van der Waals surface area contributed by atoms with Gasteiger partial charge in [-0.25, -0.2) is 4.57 Å². The molecule has 0 aliphatic rings. The van der Waals surface area contributed by atoms with E-state index in [0.29, 0.717) is 13.2 Å². The minimum Gasteiger partial charge on any atom is -0.302 e. The summed E-state index contributed by atoms with van der Waals surface area (Å²) in [5.74, 6) is 0. The molecule has 0 aromatic carbocycles. The molecule has 0 aliphatic heterocycles. The lowest BCUT2D eigenvalue weighted by atomic mass is 10.0. The van der Waals surface area contributed by atoms with Crippen molar-refractivity contribution in [2.75, 3.05) is 13.2 Å². The Kier molecular flexibility index (Phi) is 39.1. The van der Waals surface area contributed by atoms with E-state index in [2.05, 4.69) is 18.8 Å². The Morgan fingerprint density at radius 1 is 0.404 bits per heavy atom. The summed E-state index contributed by atoms with van der Waals surface area (Å²) in [5.41, 5.74) is 0. The van der Waals surface area contributed by atoms with E-state index < -0.39 is 7.82 Å². The molecule has 6 heteroatoms. The highest BCUT2D eigenvalue weighted by molar-refractivity contribution is 7.47. The Morgan fingerprint density at radius 2 is 0.638 bits per heavy atom. The predicted octanol–water partition coefficient (Wildman–Crippen LogP) is 14.7. The van der Waals surface area contributed by atoms with Crippen molar-refractivity contribution in [1.29, 1.82) is 0 Å². The van der Waals surface area contributed by atoms with Gasteiger partial charge in [0.05, 0.1) is 13.2 Å². The highest BCUT2D eigenvalue weighted by Gasteiger charge is 2.19. The van der Waals surface area contributed by atoms with Crippen LogP contribution in [0, 0.1) is 0 Å². The number of unbranched alkanes of at least 4 members (excludes halogenated alkanes) is 30. The summed E-state index contributed by atoms with van der Waals surface area (Å²) in [6, 6.07) is 5.72. The average Bonchev–Trinajstić information content (AvgIpc) is 3.08. The van der Waals surface area contributed by atoms with Gasteiger partial charge in [-0.15, -0.1) is 0 Å². The van der Waals surface area contributed by atoms with E-state index in [9.17, 15) is 9.46 Å². The Labute approximate surface area is 293 Å². The van der Waals surface area contributed by atoms with Gasteiger partial charge in [0, 0.05) is 12.4 Å². The summed E-state index contributed by atoms with van der Waals surface area (Å²) in [4.78, 5) is 13.7. The second-order valence-electron chi connectivity index (χ2n) is 13.8. The molecule has 47 heavy (non-hydrogen) atoms. The van der Waals surface area contributed by atoms with Crippen LogP contribution in [-0.2, 0) is 13.6 Å². The van der Waals surface area contributed by atoms with E-state index >= 15 is 0 Å². The van der Waals surface area contributed by atoms with E-state index in [-0.39, 0.29) is 0 Å². The molecule has 5 nitrogen and oxygen atoms in total.